The minimum absolute atomic E-state index is 0.142. The molecule has 0 spiro atoms. The third-order valence-electron chi connectivity index (χ3n) is 4.65. The van der Waals surface area contributed by atoms with E-state index in [9.17, 15) is 14.7 Å². The van der Waals surface area contributed by atoms with Crippen molar-refractivity contribution in [3.05, 3.63) is 70.9 Å². The number of thiocarbonyl (C=S) groups is 1. The second-order valence-electron chi connectivity index (χ2n) is 7.00. The second-order valence-corrected chi connectivity index (χ2v) is 7.41. The van der Waals surface area contributed by atoms with E-state index in [-0.39, 0.29) is 19.0 Å². The third-order valence-corrected chi connectivity index (χ3v) is 4.87. The summed E-state index contributed by atoms with van der Waals surface area (Å²) in [5.41, 5.74) is 4.68. The number of rotatable bonds is 8. The number of hydrazone groups is 1. The van der Waals surface area contributed by atoms with Crippen LogP contribution in [0, 0.1) is 0 Å². The van der Waals surface area contributed by atoms with Gasteiger partial charge >= 0.3 is 5.97 Å². The van der Waals surface area contributed by atoms with E-state index in [0.29, 0.717) is 33.3 Å². The molecule has 0 unspecified atom stereocenters. The fourth-order valence-corrected chi connectivity index (χ4v) is 3.44. The Bertz CT molecular complexity index is 1100. The van der Waals surface area contributed by atoms with Crippen molar-refractivity contribution in [3.63, 3.8) is 0 Å². The normalized spacial score (nSPS) is 15.6. The molecular weight excluding hydrogens is 444 g/mol. The van der Waals surface area contributed by atoms with Gasteiger partial charge in [0.05, 0.1) is 24.4 Å². The van der Waals surface area contributed by atoms with E-state index < -0.39 is 17.9 Å². The van der Waals surface area contributed by atoms with Crippen molar-refractivity contribution >= 4 is 35.4 Å². The number of amides is 1. The fraction of sp³-hybridized carbons (Fsp3) is 0.217. The molecule has 9 nitrogen and oxygen atoms in total. The van der Waals surface area contributed by atoms with Crippen molar-refractivity contribution in [2.45, 2.75) is 19.9 Å². The minimum Gasteiger partial charge on any atom is -0.508 e. The van der Waals surface area contributed by atoms with Crippen LogP contribution in [0.2, 0.25) is 0 Å². The molecule has 172 valence electrons. The lowest BCUT2D eigenvalue weighted by atomic mass is 9.95. The summed E-state index contributed by atoms with van der Waals surface area (Å²) in [6.45, 7) is 3.42. The van der Waals surface area contributed by atoms with Gasteiger partial charge in [-0.3, -0.25) is 4.79 Å². The number of hydrogen-bond donors (Lipinski definition) is 4. The predicted molar refractivity (Wildman–Crippen MR) is 127 cm³/mol. The molecule has 1 aliphatic heterocycles. The first kappa shape index (κ1) is 23.7. The third kappa shape index (κ3) is 6.30. The van der Waals surface area contributed by atoms with Gasteiger partial charge in [0.1, 0.15) is 11.5 Å². The second kappa shape index (κ2) is 11.1. The quantitative estimate of drug-likeness (QED) is 0.202. The molecule has 4 N–H and O–H groups in total. The fourth-order valence-electron chi connectivity index (χ4n) is 3.17. The molecule has 2 aromatic carbocycles. The van der Waals surface area contributed by atoms with Crippen LogP contribution in [0.15, 0.2) is 64.9 Å². The lowest BCUT2D eigenvalue weighted by Crippen LogP contribution is -2.45. The van der Waals surface area contributed by atoms with Crippen molar-refractivity contribution in [1.82, 2.24) is 16.1 Å². The van der Waals surface area contributed by atoms with Gasteiger partial charge < -0.3 is 25.2 Å². The van der Waals surface area contributed by atoms with Gasteiger partial charge in [0.25, 0.3) is 5.91 Å². The summed E-state index contributed by atoms with van der Waals surface area (Å²) in [5, 5.41) is 19.6. The Morgan fingerprint density at radius 1 is 1.21 bits per heavy atom. The summed E-state index contributed by atoms with van der Waals surface area (Å²) in [6.07, 6.45) is 1.45. The van der Waals surface area contributed by atoms with Crippen LogP contribution < -0.4 is 20.8 Å². The van der Waals surface area contributed by atoms with Gasteiger partial charge in [-0.2, -0.15) is 5.10 Å². The monoisotopic (exact) mass is 468 g/mol. The number of ether oxygens (including phenoxy) is 2. The van der Waals surface area contributed by atoms with Gasteiger partial charge in [0.2, 0.25) is 0 Å². The SMILES string of the molecule is CCOC(=O)C1=C(C)NC(=S)N[C@@H]1c1ccccc1OCC(=O)NN=Cc1ccc(O)cc1. The van der Waals surface area contributed by atoms with E-state index in [1.165, 1.54) is 18.3 Å². The van der Waals surface area contributed by atoms with Crippen LogP contribution in [-0.2, 0) is 14.3 Å². The smallest absolute Gasteiger partial charge is 0.338 e. The van der Waals surface area contributed by atoms with Crippen LogP contribution in [0.1, 0.15) is 31.0 Å². The molecule has 33 heavy (non-hydrogen) atoms. The molecule has 0 saturated heterocycles. The summed E-state index contributed by atoms with van der Waals surface area (Å²) in [4.78, 5) is 24.8. The van der Waals surface area contributed by atoms with Crippen molar-refractivity contribution in [2.75, 3.05) is 13.2 Å². The van der Waals surface area contributed by atoms with E-state index in [0.717, 1.165) is 0 Å². The molecule has 10 heteroatoms. The minimum atomic E-state index is -0.607. The van der Waals surface area contributed by atoms with Gasteiger partial charge in [-0.05, 0) is 62.0 Å². The van der Waals surface area contributed by atoms with Gasteiger partial charge in [-0.15, -0.1) is 0 Å². The first-order valence-electron chi connectivity index (χ1n) is 10.2. The number of benzene rings is 2. The molecule has 0 aromatic heterocycles. The maximum atomic E-state index is 12.6. The molecule has 0 bridgehead atoms. The molecular formula is C23H24N4O5S. The molecule has 0 saturated carbocycles. The average molecular weight is 469 g/mol. The van der Waals surface area contributed by atoms with E-state index in [1.807, 2.05) is 0 Å². The molecule has 0 radical (unpaired) electrons. The number of para-hydroxylation sites is 1. The average Bonchev–Trinajstić information content (AvgIpc) is 2.79. The molecule has 0 fully saturated rings. The van der Waals surface area contributed by atoms with E-state index >= 15 is 0 Å². The Labute approximate surface area is 196 Å². The Kier molecular flexibility index (Phi) is 7.98. The van der Waals surface area contributed by atoms with Gasteiger partial charge in [0, 0.05) is 11.3 Å². The number of nitrogens with one attached hydrogen (secondary N) is 3. The number of phenolic OH excluding ortho intramolecular Hbond substituents is 1. The summed E-state index contributed by atoms with van der Waals surface area (Å²) in [6, 6.07) is 12.8. The van der Waals surface area contributed by atoms with E-state index in [4.69, 9.17) is 21.7 Å². The zero-order valence-electron chi connectivity index (χ0n) is 18.1. The molecule has 1 atom stereocenters. The van der Waals surface area contributed by atoms with Crippen LogP contribution in [0.3, 0.4) is 0 Å². The van der Waals surface area contributed by atoms with E-state index in [1.54, 1.807) is 50.2 Å². The molecule has 3 rings (SSSR count). The van der Waals surface area contributed by atoms with Crippen molar-refractivity contribution in [2.24, 2.45) is 5.10 Å². The number of aromatic hydroxyl groups is 1. The summed E-state index contributed by atoms with van der Waals surface area (Å²) < 4.78 is 10.9. The maximum absolute atomic E-state index is 12.6. The van der Waals surface area contributed by atoms with Crippen LogP contribution in [0.5, 0.6) is 11.5 Å². The largest absolute Gasteiger partial charge is 0.508 e. The number of allylic oxidation sites excluding steroid dienone is 1. The number of phenols is 1. The predicted octanol–water partition coefficient (Wildman–Crippen LogP) is 2.28. The summed E-state index contributed by atoms with van der Waals surface area (Å²) in [5.74, 6) is -0.389. The number of carbonyl (C=O) groups is 2. The highest BCUT2D eigenvalue weighted by molar-refractivity contribution is 7.80. The number of esters is 1. The zero-order chi connectivity index (χ0) is 23.8. The van der Waals surface area contributed by atoms with Crippen LogP contribution in [-0.4, -0.2) is 41.5 Å². The lowest BCUT2D eigenvalue weighted by Gasteiger charge is -2.30. The van der Waals surface area contributed by atoms with Crippen LogP contribution in [0.4, 0.5) is 0 Å². The van der Waals surface area contributed by atoms with Gasteiger partial charge in [0.15, 0.2) is 11.7 Å². The molecule has 1 heterocycles. The highest BCUT2D eigenvalue weighted by atomic mass is 32.1. The Hall–Kier alpha value is -3.92. The number of carbonyl (C=O) groups excluding carboxylic acids is 2. The van der Waals surface area contributed by atoms with Crippen LogP contribution >= 0.6 is 12.2 Å². The highest BCUT2D eigenvalue weighted by Crippen LogP contribution is 2.33. The highest BCUT2D eigenvalue weighted by Gasteiger charge is 2.32. The Morgan fingerprint density at radius 2 is 1.94 bits per heavy atom. The topological polar surface area (TPSA) is 121 Å². The Balaban J connectivity index is 1.71. The van der Waals surface area contributed by atoms with Crippen molar-refractivity contribution in [1.29, 1.82) is 0 Å². The first-order chi connectivity index (χ1) is 15.9. The van der Waals surface area contributed by atoms with Gasteiger partial charge in [-0.25, -0.2) is 10.2 Å². The zero-order valence-corrected chi connectivity index (χ0v) is 18.9. The van der Waals surface area contributed by atoms with Gasteiger partial charge in [-0.1, -0.05) is 18.2 Å². The molecule has 2 aromatic rings. The molecule has 1 amide bonds. The number of hydrogen-bond acceptors (Lipinski definition) is 7. The Morgan fingerprint density at radius 3 is 2.67 bits per heavy atom. The summed E-state index contributed by atoms with van der Waals surface area (Å²) >= 11 is 5.27. The van der Waals surface area contributed by atoms with Crippen molar-refractivity contribution in [3.8, 4) is 11.5 Å². The van der Waals surface area contributed by atoms with Crippen molar-refractivity contribution < 1.29 is 24.2 Å². The number of nitrogens with zero attached hydrogens (tertiary/aromatic N) is 1. The first-order valence-corrected chi connectivity index (χ1v) is 10.6. The molecule has 1 aliphatic rings. The maximum Gasteiger partial charge on any atom is 0.338 e. The standard InChI is InChI=1S/C23H24N4O5S/c1-3-31-22(30)20-14(2)25-23(33)26-21(20)17-6-4-5-7-18(17)32-13-19(29)27-24-12-15-8-10-16(28)11-9-15/h4-12,21,28H,3,13H2,1-2H3,(H,27,29)(H2,25,26,33)/t21-/m1/s1. The lowest BCUT2D eigenvalue weighted by molar-refractivity contribution is -0.139. The summed E-state index contributed by atoms with van der Waals surface area (Å²) in [7, 11) is 0. The van der Waals surface area contributed by atoms with E-state index in [2.05, 4.69) is 21.2 Å². The van der Waals surface area contributed by atoms with Crippen LogP contribution in [0.25, 0.3) is 0 Å². The molecule has 0 aliphatic carbocycles.